The van der Waals surface area contributed by atoms with Gasteiger partial charge in [-0.15, -0.1) is 11.8 Å². The minimum atomic E-state index is -0.586. The number of nitrogens with zero attached hydrogens (tertiary/aromatic N) is 1. The van der Waals surface area contributed by atoms with E-state index in [-0.39, 0.29) is 23.9 Å². The number of benzene rings is 4. The lowest BCUT2D eigenvalue weighted by molar-refractivity contribution is -0.121. The van der Waals surface area contributed by atoms with Crippen molar-refractivity contribution in [2.45, 2.75) is 16.6 Å². The Hall–Kier alpha value is -5.55. The highest BCUT2D eigenvalue weighted by atomic mass is 32.2. The zero-order chi connectivity index (χ0) is 32.6. The normalized spacial score (nSPS) is 14.5. The van der Waals surface area contributed by atoms with Crippen LogP contribution < -0.4 is 29.7 Å². The molecule has 1 unspecified atom stereocenters. The van der Waals surface area contributed by atoms with Gasteiger partial charge in [0.25, 0.3) is 11.8 Å². The highest BCUT2D eigenvalue weighted by Gasteiger charge is 2.40. The number of thioether (sulfide) groups is 1. The Morgan fingerprint density at radius 2 is 1.41 bits per heavy atom. The monoisotopic (exact) mass is 637 g/mol. The Labute approximate surface area is 270 Å². The molecule has 0 saturated carbocycles. The van der Waals surface area contributed by atoms with Crippen molar-refractivity contribution in [3.63, 3.8) is 0 Å². The average Bonchev–Trinajstić information content (AvgIpc) is 3.37. The zero-order valence-corrected chi connectivity index (χ0v) is 26.1. The molecule has 1 fully saturated rings. The molecule has 1 saturated heterocycles. The van der Waals surface area contributed by atoms with Crippen molar-refractivity contribution in [3.05, 3.63) is 114 Å². The fourth-order valence-electron chi connectivity index (χ4n) is 4.79. The largest absolute Gasteiger partial charge is 0.496 e. The highest BCUT2D eigenvalue weighted by Crippen LogP contribution is 2.36. The lowest BCUT2D eigenvalue weighted by Crippen LogP contribution is -2.31. The number of amides is 4. The number of imide groups is 1. The molecule has 4 aromatic carbocycles. The average molecular weight is 638 g/mol. The molecule has 46 heavy (non-hydrogen) atoms. The number of hydrogen-bond acceptors (Lipinski definition) is 8. The van der Waals surface area contributed by atoms with Crippen molar-refractivity contribution >= 4 is 52.8 Å². The molecule has 1 aliphatic heterocycles. The first-order valence-corrected chi connectivity index (χ1v) is 15.1. The molecule has 1 heterocycles. The highest BCUT2D eigenvalue weighted by molar-refractivity contribution is 8.00. The van der Waals surface area contributed by atoms with Crippen LogP contribution in [0, 0.1) is 0 Å². The van der Waals surface area contributed by atoms with Crippen molar-refractivity contribution in [1.29, 1.82) is 0 Å². The lowest BCUT2D eigenvalue weighted by atomic mass is 10.1. The lowest BCUT2D eigenvalue weighted by Gasteiger charge is -2.15. The van der Waals surface area contributed by atoms with Gasteiger partial charge in [-0.1, -0.05) is 36.4 Å². The number of rotatable bonds is 11. The van der Waals surface area contributed by atoms with Gasteiger partial charge in [0.1, 0.15) is 11.4 Å². The fourth-order valence-corrected chi connectivity index (χ4v) is 5.84. The number of nitrogens with one attached hydrogen (secondary N) is 2. The van der Waals surface area contributed by atoms with Gasteiger partial charge in [0.05, 0.1) is 32.3 Å². The second kappa shape index (κ2) is 14.5. The molecule has 0 bridgehead atoms. The first-order chi connectivity index (χ1) is 22.3. The minimum Gasteiger partial charge on any atom is -0.496 e. The third-order valence-electron chi connectivity index (χ3n) is 7.07. The molecule has 0 radical (unpaired) electrons. The Morgan fingerprint density at radius 3 is 2.04 bits per heavy atom. The van der Waals surface area contributed by atoms with Crippen LogP contribution in [0.5, 0.6) is 17.2 Å². The molecule has 0 spiro atoms. The van der Waals surface area contributed by atoms with E-state index >= 15 is 0 Å². The molecule has 234 valence electrons. The maximum Gasteiger partial charge on any atom is 0.272 e. The zero-order valence-electron chi connectivity index (χ0n) is 25.3. The standard InChI is InChI=1S/C35H31N3O7S/c1-43-28-20-30(45-3)29(44-2)19-23(28)18-27(37-33(40)22-10-6-4-7-11-22)34(41)36-24-14-16-26(17-15-24)46-31-21-32(39)38(35(31)42)25-12-8-5-9-13-25/h4-20,31H,21H2,1-3H3,(H,36,41)(H,37,40)/b27-18-. The Kier molecular flexibility index (Phi) is 10.0. The summed E-state index contributed by atoms with van der Waals surface area (Å²) in [6, 6.07) is 27.5. The predicted molar refractivity (Wildman–Crippen MR) is 176 cm³/mol. The van der Waals surface area contributed by atoms with Crippen LogP contribution in [0.2, 0.25) is 0 Å². The van der Waals surface area contributed by atoms with Crippen LogP contribution in [0.25, 0.3) is 6.08 Å². The van der Waals surface area contributed by atoms with Crippen LogP contribution in [-0.2, 0) is 14.4 Å². The summed E-state index contributed by atoms with van der Waals surface area (Å²) < 4.78 is 16.3. The molecule has 1 aliphatic rings. The van der Waals surface area contributed by atoms with E-state index < -0.39 is 17.1 Å². The van der Waals surface area contributed by atoms with Gasteiger partial charge in [0, 0.05) is 34.2 Å². The molecule has 4 aromatic rings. The summed E-state index contributed by atoms with van der Waals surface area (Å²) in [4.78, 5) is 54.3. The number of para-hydroxylation sites is 1. The minimum absolute atomic E-state index is 0.0473. The molecule has 2 N–H and O–H groups in total. The van der Waals surface area contributed by atoms with Crippen molar-refractivity contribution in [3.8, 4) is 17.2 Å². The molecular weight excluding hydrogens is 606 g/mol. The Balaban J connectivity index is 1.35. The van der Waals surface area contributed by atoms with Gasteiger partial charge in [-0.2, -0.15) is 0 Å². The van der Waals surface area contributed by atoms with Crippen molar-refractivity contribution < 1.29 is 33.4 Å². The SMILES string of the molecule is COc1cc(OC)c(OC)cc1/C=C(\NC(=O)c1ccccc1)C(=O)Nc1ccc(SC2CC(=O)N(c3ccccc3)C2=O)cc1. The maximum atomic E-state index is 13.6. The molecule has 0 aliphatic carbocycles. The number of hydrogen-bond donors (Lipinski definition) is 2. The second-order valence-electron chi connectivity index (χ2n) is 10.0. The predicted octanol–water partition coefficient (Wildman–Crippen LogP) is 5.55. The summed E-state index contributed by atoms with van der Waals surface area (Å²) in [7, 11) is 4.47. The molecule has 11 heteroatoms. The molecular formula is C35H31N3O7S. The maximum absolute atomic E-state index is 13.6. The van der Waals surface area contributed by atoms with E-state index in [0.717, 1.165) is 4.90 Å². The third kappa shape index (κ3) is 7.22. The number of carbonyl (C=O) groups is 4. The van der Waals surface area contributed by atoms with E-state index in [4.69, 9.17) is 14.2 Å². The number of anilines is 2. The van der Waals surface area contributed by atoms with Crippen molar-refractivity contribution in [2.24, 2.45) is 0 Å². The summed E-state index contributed by atoms with van der Waals surface area (Å²) in [6.07, 6.45) is 1.58. The smallest absolute Gasteiger partial charge is 0.272 e. The van der Waals surface area contributed by atoms with Gasteiger partial charge >= 0.3 is 0 Å². The van der Waals surface area contributed by atoms with Gasteiger partial charge in [-0.25, -0.2) is 4.90 Å². The summed E-state index contributed by atoms with van der Waals surface area (Å²) in [5, 5.41) is 4.96. The third-order valence-corrected chi connectivity index (χ3v) is 8.27. The van der Waals surface area contributed by atoms with Crippen molar-refractivity contribution in [2.75, 3.05) is 31.5 Å². The van der Waals surface area contributed by atoms with E-state index in [1.165, 1.54) is 44.1 Å². The summed E-state index contributed by atoms with van der Waals surface area (Å²) >= 11 is 1.28. The van der Waals surface area contributed by atoms with E-state index in [2.05, 4.69) is 10.6 Å². The summed E-state index contributed by atoms with van der Waals surface area (Å²) in [6.45, 7) is 0. The van der Waals surface area contributed by atoms with Gasteiger partial charge in [-0.05, 0) is 60.7 Å². The summed E-state index contributed by atoms with van der Waals surface area (Å²) in [5.41, 5.74) is 1.79. The number of carbonyl (C=O) groups excluding carboxylic acids is 4. The number of methoxy groups -OCH3 is 3. The molecule has 4 amide bonds. The Morgan fingerprint density at radius 1 is 0.804 bits per heavy atom. The van der Waals surface area contributed by atoms with Gasteiger partial charge in [0.15, 0.2) is 11.5 Å². The van der Waals surface area contributed by atoms with Crippen LogP contribution in [0.1, 0.15) is 22.3 Å². The van der Waals surface area contributed by atoms with E-state index in [0.29, 0.717) is 39.8 Å². The van der Waals surface area contributed by atoms with Crippen molar-refractivity contribution in [1.82, 2.24) is 5.32 Å². The molecule has 10 nitrogen and oxygen atoms in total. The van der Waals surface area contributed by atoms with Crippen LogP contribution in [0.15, 0.2) is 108 Å². The number of ether oxygens (including phenoxy) is 3. The van der Waals surface area contributed by atoms with Gasteiger partial charge in [-0.3, -0.25) is 19.2 Å². The summed E-state index contributed by atoms with van der Waals surface area (Å²) in [5.74, 6) is -0.348. The van der Waals surface area contributed by atoms with Crippen LogP contribution >= 0.6 is 11.8 Å². The topological polar surface area (TPSA) is 123 Å². The van der Waals surface area contributed by atoms with Crippen LogP contribution in [0.4, 0.5) is 11.4 Å². The molecule has 0 aromatic heterocycles. The first-order valence-electron chi connectivity index (χ1n) is 14.2. The first kappa shape index (κ1) is 31.9. The Bertz CT molecular complexity index is 1780. The van der Waals surface area contributed by atoms with E-state index in [9.17, 15) is 19.2 Å². The van der Waals surface area contributed by atoms with E-state index in [1.807, 2.05) is 6.07 Å². The fraction of sp³-hybridized carbons (Fsp3) is 0.143. The van der Waals surface area contributed by atoms with Gasteiger partial charge in [0.2, 0.25) is 11.8 Å². The van der Waals surface area contributed by atoms with E-state index in [1.54, 1.807) is 91.0 Å². The quantitative estimate of drug-likeness (QED) is 0.162. The molecule has 5 rings (SSSR count). The van der Waals surface area contributed by atoms with Crippen LogP contribution in [0.3, 0.4) is 0 Å². The molecule has 1 atom stereocenters. The van der Waals surface area contributed by atoms with Crippen LogP contribution in [-0.4, -0.2) is 50.2 Å². The van der Waals surface area contributed by atoms with Gasteiger partial charge < -0.3 is 24.8 Å². The second-order valence-corrected chi connectivity index (χ2v) is 11.3.